The lowest BCUT2D eigenvalue weighted by Gasteiger charge is -2.20. The van der Waals surface area contributed by atoms with Crippen molar-refractivity contribution in [2.75, 3.05) is 6.61 Å². The molecule has 26 heavy (non-hydrogen) atoms. The van der Waals surface area contributed by atoms with Crippen LogP contribution in [0.4, 0.5) is 0 Å². The molecule has 0 bridgehead atoms. The van der Waals surface area contributed by atoms with Crippen molar-refractivity contribution >= 4 is 21.8 Å². The van der Waals surface area contributed by atoms with Gasteiger partial charge in [-0.2, -0.15) is 0 Å². The highest BCUT2D eigenvalue weighted by Gasteiger charge is 2.20. The summed E-state index contributed by atoms with van der Waals surface area (Å²) in [7, 11) is 0. The van der Waals surface area contributed by atoms with Gasteiger partial charge in [-0.25, -0.2) is 0 Å². The maximum absolute atomic E-state index is 11.6. The molecule has 0 aromatic heterocycles. The van der Waals surface area contributed by atoms with Crippen LogP contribution in [0.1, 0.15) is 90.9 Å². The number of halogens is 1. The van der Waals surface area contributed by atoms with Gasteiger partial charge < -0.3 is 15.5 Å². The number of alkyl halides is 1. The molecule has 5 heteroatoms. The van der Waals surface area contributed by atoms with Crippen LogP contribution < -0.4 is 5.32 Å². The molecule has 0 heterocycles. The highest BCUT2D eigenvalue weighted by atomic mass is 79.9. The Bertz CT molecular complexity index is 361. The number of unbranched alkanes of at least 4 members (excludes halogenated alkanes) is 11. The molecule has 0 rings (SSSR count). The van der Waals surface area contributed by atoms with E-state index >= 15 is 0 Å². The van der Waals surface area contributed by atoms with Gasteiger partial charge in [-0.3, -0.25) is 4.79 Å². The van der Waals surface area contributed by atoms with Crippen LogP contribution in [0.3, 0.4) is 0 Å². The van der Waals surface area contributed by atoms with Gasteiger partial charge in [0.1, 0.15) is 0 Å². The number of allylic oxidation sites excluding steroid dienone is 1. The van der Waals surface area contributed by atoms with Crippen LogP contribution in [-0.4, -0.2) is 39.7 Å². The van der Waals surface area contributed by atoms with E-state index in [1.165, 1.54) is 64.2 Å². The van der Waals surface area contributed by atoms with Crippen LogP contribution in [0.25, 0.3) is 0 Å². The zero-order chi connectivity index (χ0) is 19.6. The first-order valence-electron chi connectivity index (χ1n) is 10.4. The largest absolute Gasteiger partial charge is 0.394 e. The second-order valence-corrected chi connectivity index (χ2v) is 8.53. The smallest absolute Gasteiger partial charge is 0.233 e. The summed E-state index contributed by atoms with van der Waals surface area (Å²) in [6, 6.07) is -0.656. The summed E-state index contributed by atoms with van der Waals surface area (Å²) in [6.07, 6.45) is 18.2. The molecule has 0 radical (unpaired) electrons. The van der Waals surface area contributed by atoms with E-state index in [1.54, 1.807) is 13.0 Å². The molecule has 0 aliphatic heterocycles. The van der Waals surface area contributed by atoms with Gasteiger partial charge in [0.25, 0.3) is 0 Å². The second-order valence-electron chi connectivity index (χ2n) is 7.16. The van der Waals surface area contributed by atoms with Gasteiger partial charge in [0.05, 0.1) is 23.6 Å². The summed E-state index contributed by atoms with van der Waals surface area (Å²) in [5.41, 5.74) is 0. The van der Waals surface area contributed by atoms with Crippen LogP contribution in [0.2, 0.25) is 0 Å². The molecule has 0 saturated heterocycles. The van der Waals surface area contributed by atoms with Gasteiger partial charge in [0.15, 0.2) is 0 Å². The Morgan fingerprint density at radius 2 is 1.50 bits per heavy atom. The second kappa shape index (κ2) is 18.0. The fourth-order valence-electron chi connectivity index (χ4n) is 2.83. The van der Waals surface area contributed by atoms with Crippen molar-refractivity contribution < 1.29 is 15.0 Å². The standard InChI is InChI=1S/C21H40BrNO3/c1-3-4-5-6-7-8-9-10-11-12-13-14-15-16-20(25)19(17-24)23-21(26)18(2)22/h15-16,18-20,24-25H,3-14,17H2,1-2H3,(H,23,26)/b16-15+/t18?,19?,20-/m1/s1. The van der Waals surface area contributed by atoms with Gasteiger partial charge in [0.2, 0.25) is 5.91 Å². The molecule has 154 valence electrons. The summed E-state index contributed by atoms with van der Waals surface area (Å²) in [5, 5.41) is 22.0. The maximum atomic E-state index is 11.6. The van der Waals surface area contributed by atoms with Crippen LogP contribution in [0.5, 0.6) is 0 Å². The lowest BCUT2D eigenvalue weighted by atomic mass is 10.0. The number of carbonyl (C=O) groups is 1. The highest BCUT2D eigenvalue weighted by Crippen LogP contribution is 2.12. The van der Waals surface area contributed by atoms with E-state index in [0.29, 0.717) is 0 Å². The zero-order valence-corrected chi connectivity index (χ0v) is 18.3. The summed E-state index contributed by atoms with van der Waals surface area (Å²) in [6.45, 7) is 3.68. The van der Waals surface area contributed by atoms with E-state index in [2.05, 4.69) is 28.2 Å². The minimum Gasteiger partial charge on any atom is -0.394 e. The summed E-state index contributed by atoms with van der Waals surface area (Å²) >= 11 is 3.17. The van der Waals surface area contributed by atoms with E-state index in [0.717, 1.165) is 12.8 Å². The first kappa shape index (κ1) is 25.6. The van der Waals surface area contributed by atoms with Crippen molar-refractivity contribution in [2.45, 2.75) is 108 Å². The third-order valence-electron chi connectivity index (χ3n) is 4.61. The molecule has 0 fully saturated rings. The minimum absolute atomic E-state index is 0.234. The minimum atomic E-state index is -0.858. The Morgan fingerprint density at radius 3 is 1.96 bits per heavy atom. The lowest BCUT2D eigenvalue weighted by molar-refractivity contribution is -0.121. The number of aliphatic hydroxyl groups excluding tert-OH is 2. The van der Waals surface area contributed by atoms with Crippen molar-refractivity contribution in [2.24, 2.45) is 0 Å². The number of carbonyl (C=O) groups excluding carboxylic acids is 1. The monoisotopic (exact) mass is 433 g/mol. The first-order chi connectivity index (χ1) is 12.5. The van der Waals surface area contributed by atoms with E-state index < -0.39 is 12.1 Å². The van der Waals surface area contributed by atoms with Gasteiger partial charge >= 0.3 is 0 Å². The molecule has 0 saturated carbocycles. The zero-order valence-electron chi connectivity index (χ0n) is 16.8. The molecule has 0 spiro atoms. The van der Waals surface area contributed by atoms with Crippen molar-refractivity contribution in [3.05, 3.63) is 12.2 Å². The van der Waals surface area contributed by atoms with Crippen molar-refractivity contribution in [1.82, 2.24) is 5.32 Å². The quantitative estimate of drug-likeness (QED) is 0.174. The summed E-state index contributed by atoms with van der Waals surface area (Å²) in [5.74, 6) is -0.234. The van der Waals surface area contributed by atoms with E-state index in [4.69, 9.17) is 0 Å². The average Bonchev–Trinajstić information content (AvgIpc) is 2.62. The first-order valence-corrected chi connectivity index (χ1v) is 11.3. The lowest BCUT2D eigenvalue weighted by Crippen LogP contribution is -2.47. The van der Waals surface area contributed by atoms with Crippen molar-refractivity contribution in [1.29, 1.82) is 0 Å². The van der Waals surface area contributed by atoms with E-state index in [9.17, 15) is 15.0 Å². The Balaban J connectivity index is 3.62. The normalized spacial score (nSPS) is 15.1. The van der Waals surface area contributed by atoms with Gasteiger partial charge in [-0.15, -0.1) is 0 Å². The topological polar surface area (TPSA) is 69.6 Å². The van der Waals surface area contributed by atoms with Gasteiger partial charge in [-0.05, 0) is 19.8 Å². The third kappa shape index (κ3) is 14.7. The van der Waals surface area contributed by atoms with Crippen LogP contribution in [-0.2, 0) is 4.79 Å². The van der Waals surface area contributed by atoms with Crippen LogP contribution >= 0.6 is 15.9 Å². The molecule has 3 N–H and O–H groups in total. The van der Waals surface area contributed by atoms with E-state index in [-0.39, 0.29) is 17.3 Å². The van der Waals surface area contributed by atoms with Gasteiger partial charge in [-0.1, -0.05) is 99.2 Å². The SMILES string of the molecule is CCCCCCCCCCCCC/C=C/[C@@H](O)C(CO)NC(=O)C(C)Br. The Labute approximate surface area is 169 Å². The Hall–Kier alpha value is -0.390. The molecule has 3 atom stereocenters. The van der Waals surface area contributed by atoms with Crippen LogP contribution in [0, 0.1) is 0 Å². The number of hydrogen-bond acceptors (Lipinski definition) is 3. The van der Waals surface area contributed by atoms with E-state index in [1.807, 2.05) is 6.08 Å². The molecule has 0 aliphatic rings. The molecule has 4 nitrogen and oxygen atoms in total. The molecule has 1 amide bonds. The fourth-order valence-corrected chi connectivity index (χ4v) is 2.96. The van der Waals surface area contributed by atoms with Crippen LogP contribution in [0.15, 0.2) is 12.2 Å². The molecular formula is C21H40BrNO3. The Morgan fingerprint density at radius 1 is 1.00 bits per heavy atom. The molecular weight excluding hydrogens is 394 g/mol. The highest BCUT2D eigenvalue weighted by molar-refractivity contribution is 9.10. The number of aliphatic hydroxyl groups is 2. The average molecular weight is 434 g/mol. The third-order valence-corrected chi connectivity index (χ3v) is 5.02. The Kier molecular flexibility index (Phi) is 17.7. The van der Waals surface area contributed by atoms with Gasteiger partial charge in [0, 0.05) is 0 Å². The molecule has 0 aliphatic carbocycles. The van der Waals surface area contributed by atoms with Crippen molar-refractivity contribution in [3.63, 3.8) is 0 Å². The summed E-state index contributed by atoms with van der Waals surface area (Å²) < 4.78 is 0. The molecule has 0 aromatic rings. The maximum Gasteiger partial charge on any atom is 0.233 e. The fraction of sp³-hybridized carbons (Fsp3) is 0.857. The molecule has 2 unspecified atom stereocenters. The predicted molar refractivity (Wildman–Crippen MR) is 114 cm³/mol. The number of amides is 1. The number of hydrogen-bond donors (Lipinski definition) is 3. The number of nitrogens with one attached hydrogen (secondary N) is 1. The number of rotatable bonds is 17. The summed E-state index contributed by atoms with van der Waals surface area (Å²) in [4.78, 5) is 11.3. The predicted octanol–water partition coefficient (Wildman–Crippen LogP) is 4.87. The molecule has 0 aromatic carbocycles. The van der Waals surface area contributed by atoms with Crippen molar-refractivity contribution in [3.8, 4) is 0 Å².